The Balaban J connectivity index is 1.33. The Morgan fingerprint density at radius 1 is 1.30 bits per heavy atom. The van der Waals surface area contributed by atoms with Crippen molar-refractivity contribution in [3.05, 3.63) is 63.8 Å². The average molecular weight is 644 g/mol. The number of fused-ring (bicyclic) bond motifs is 1. The summed E-state index contributed by atoms with van der Waals surface area (Å²) in [4.78, 5) is 42.3. The van der Waals surface area contributed by atoms with Gasteiger partial charge in [0.1, 0.15) is 34.0 Å². The van der Waals surface area contributed by atoms with E-state index in [9.17, 15) is 29.7 Å². The molecule has 2 aromatic rings. The van der Waals surface area contributed by atoms with E-state index in [4.69, 9.17) is 35.4 Å². The number of nitrogens with zero attached hydrogens (tertiary/aromatic N) is 3. The van der Waals surface area contributed by atoms with Crippen LogP contribution >= 0.6 is 58.9 Å². The molecule has 1 amide bonds. The van der Waals surface area contributed by atoms with Gasteiger partial charge >= 0.3 is 5.97 Å². The van der Waals surface area contributed by atoms with Crippen molar-refractivity contribution in [3.8, 4) is 0 Å². The second-order valence-corrected chi connectivity index (χ2v) is 12.5. The second kappa shape index (κ2) is 13.5. The van der Waals surface area contributed by atoms with Gasteiger partial charge in [0, 0.05) is 41.4 Å². The molecule has 3 N–H and O–H groups in total. The van der Waals surface area contributed by atoms with Crippen LogP contribution in [-0.2, 0) is 27.3 Å². The van der Waals surface area contributed by atoms with Gasteiger partial charge in [-0.05, 0) is 29.7 Å². The SMILES string of the molecule is O=C(O)C1=C(CSc2cc[n+](CCC[C@@H](O)C(=O)[O-])cc2)CS[C@@H]2[C@H](NC(=S)Cc3cc(Cl)nc(Cl)c3)C(=O)N12. The van der Waals surface area contributed by atoms with Gasteiger partial charge in [-0.3, -0.25) is 9.69 Å². The molecule has 2 aliphatic rings. The van der Waals surface area contributed by atoms with Crippen molar-refractivity contribution in [1.29, 1.82) is 0 Å². The van der Waals surface area contributed by atoms with Gasteiger partial charge in [-0.2, -0.15) is 0 Å². The van der Waals surface area contributed by atoms with E-state index in [1.165, 1.54) is 28.4 Å². The van der Waals surface area contributed by atoms with Gasteiger partial charge in [0.15, 0.2) is 12.4 Å². The number of aliphatic hydroxyl groups excluding tert-OH is 1. The van der Waals surface area contributed by atoms with Gasteiger partial charge in [-0.15, -0.1) is 23.5 Å². The molecule has 1 fully saturated rings. The smallest absolute Gasteiger partial charge is 0.352 e. The summed E-state index contributed by atoms with van der Waals surface area (Å²) >= 11 is 20.3. The fourth-order valence-electron chi connectivity index (χ4n) is 4.26. The number of hydrogen-bond donors (Lipinski definition) is 3. The van der Waals surface area contributed by atoms with Crippen LogP contribution in [0.25, 0.3) is 0 Å². The lowest BCUT2D eigenvalue weighted by molar-refractivity contribution is -0.697. The summed E-state index contributed by atoms with van der Waals surface area (Å²) in [6.45, 7) is 0.529. The van der Waals surface area contributed by atoms with Crippen molar-refractivity contribution in [2.24, 2.45) is 0 Å². The Morgan fingerprint density at radius 2 is 1.98 bits per heavy atom. The largest absolute Gasteiger partial charge is 0.547 e. The highest BCUT2D eigenvalue weighted by atomic mass is 35.5. The van der Waals surface area contributed by atoms with Gasteiger partial charge in [-0.1, -0.05) is 35.4 Å². The molecule has 0 spiro atoms. The maximum atomic E-state index is 13.0. The number of hydrogen-bond acceptors (Lipinski definition) is 9. The predicted octanol–water partition coefficient (Wildman–Crippen LogP) is 1.44. The van der Waals surface area contributed by atoms with Crippen molar-refractivity contribution in [2.45, 2.75) is 48.2 Å². The predicted molar refractivity (Wildman–Crippen MR) is 153 cm³/mol. The fraction of sp³-hybridized carbons (Fsp3) is 0.360. The molecule has 3 atom stereocenters. The Hall–Kier alpha value is -2.42. The molecule has 212 valence electrons. The number of thiocarbonyl (C=S) groups is 1. The number of aliphatic carboxylic acids is 2. The normalized spacial score (nSPS) is 19.1. The second-order valence-electron chi connectivity index (χ2n) is 9.05. The van der Waals surface area contributed by atoms with Crippen molar-refractivity contribution < 1.29 is 34.3 Å². The highest BCUT2D eigenvalue weighted by molar-refractivity contribution is 8.01. The third-order valence-electron chi connectivity index (χ3n) is 6.19. The molecule has 0 saturated carbocycles. The highest BCUT2D eigenvalue weighted by Crippen LogP contribution is 2.41. The zero-order valence-corrected chi connectivity index (χ0v) is 24.7. The van der Waals surface area contributed by atoms with Crippen LogP contribution in [0.4, 0.5) is 0 Å². The minimum atomic E-state index is -1.48. The van der Waals surface area contributed by atoms with Gasteiger partial charge in [0.2, 0.25) is 0 Å². The van der Waals surface area contributed by atoms with Crippen molar-refractivity contribution in [1.82, 2.24) is 15.2 Å². The molecule has 2 aliphatic heterocycles. The van der Waals surface area contributed by atoms with E-state index in [1.54, 1.807) is 12.1 Å². The first-order valence-corrected chi connectivity index (χ1v) is 15.3. The number of aliphatic hydroxyl groups is 1. The standard InChI is InChI=1S/C25H24Cl2N4O6S3/c26-17-8-13(9-18(27)28-17)10-19(38)29-20-22(33)31-21(25(36)37)14(12-40-23(20)31)11-39-15-3-6-30(7-4-15)5-1-2-16(32)24(34)35/h3-4,6-9,16,20,23,32H,1-2,5,10-12H2,(H2-,29,34,35,36,37,38)/t16-,20-,23-/m1/s1. The number of amides is 1. The van der Waals surface area contributed by atoms with E-state index < -0.39 is 24.1 Å². The lowest BCUT2D eigenvalue weighted by Gasteiger charge is -2.49. The summed E-state index contributed by atoms with van der Waals surface area (Å²) in [6, 6.07) is 6.39. The van der Waals surface area contributed by atoms with Crippen LogP contribution in [0.1, 0.15) is 18.4 Å². The van der Waals surface area contributed by atoms with Crippen LogP contribution in [0, 0.1) is 0 Å². The first-order valence-electron chi connectivity index (χ1n) is 12.1. The number of aromatic nitrogens is 2. The first kappa shape index (κ1) is 30.5. The zero-order chi connectivity index (χ0) is 29.0. The Labute approximate surface area is 253 Å². The van der Waals surface area contributed by atoms with Crippen molar-refractivity contribution in [2.75, 3.05) is 11.5 Å². The topological polar surface area (TPSA) is 147 Å². The minimum Gasteiger partial charge on any atom is -0.547 e. The molecule has 15 heteroatoms. The molecule has 0 aromatic carbocycles. The molecule has 10 nitrogen and oxygen atoms in total. The Bertz CT molecular complexity index is 1340. The summed E-state index contributed by atoms with van der Waals surface area (Å²) in [5.74, 6) is -2.13. The maximum absolute atomic E-state index is 13.0. The van der Waals surface area contributed by atoms with Gasteiger partial charge < -0.3 is 25.4 Å². The average Bonchev–Trinajstić information content (AvgIpc) is 2.89. The summed E-state index contributed by atoms with van der Waals surface area (Å²) in [7, 11) is 0. The monoisotopic (exact) mass is 642 g/mol. The quantitative estimate of drug-likeness (QED) is 0.102. The molecule has 4 rings (SSSR count). The summed E-state index contributed by atoms with van der Waals surface area (Å²) in [5.41, 5.74) is 1.41. The number of aryl methyl sites for hydroxylation is 1. The molecular formula is C25H24Cl2N4O6S3. The molecular weight excluding hydrogens is 619 g/mol. The summed E-state index contributed by atoms with van der Waals surface area (Å²) in [5, 5.41) is 33.0. The van der Waals surface area contributed by atoms with Crippen LogP contribution in [0.15, 0.2) is 52.8 Å². The van der Waals surface area contributed by atoms with Gasteiger partial charge in [-0.25, -0.2) is 14.3 Å². The molecule has 4 heterocycles. The van der Waals surface area contributed by atoms with E-state index in [1.807, 2.05) is 29.1 Å². The maximum Gasteiger partial charge on any atom is 0.352 e. The minimum absolute atomic E-state index is 0.00962. The summed E-state index contributed by atoms with van der Waals surface area (Å²) < 4.78 is 1.86. The number of carboxylic acid groups (broad SMARTS) is 2. The Morgan fingerprint density at radius 3 is 2.60 bits per heavy atom. The number of rotatable bonds is 12. The molecule has 2 aromatic heterocycles. The van der Waals surface area contributed by atoms with E-state index >= 15 is 0 Å². The lowest BCUT2D eigenvalue weighted by Crippen LogP contribution is -2.70. The number of thioether (sulfide) groups is 2. The van der Waals surface area contributed by atoms with Crippen LogP contribution in [0.2, 0.25) is 10.3 Å². The number of nitrogens with one attached hydrogen (secondary N) is 1. The van der Waals surface area contributed by atoms with Gasteiger partial charge in [0.25, 0.3) is 5.91 Å². The molecule has 40 heavy (non-hydrogen) atoms. The third kappa shape index (κ3) is 7.45. The number of carbonyl (C=O) groups is 3. The molecule has 0 unspecified atom stereocenters. The van der Waals surface area contributed by atoms with Crippen LogP contribution < -0.4 is 15.0 Å². The molecule has 0 bridgehead atoms. The molecule has 0 aliphatic carbocycles. The summed E-state index contributed by atoms with van der Waals surface area (Å²) in [6.07, 6.45) is 3.06. The fourth-order valence-corrected chi connectivity index (χ4v) is 7.43. The lowest BCUT2D eigenvalue weighted by atomic mass is 10.0. The van der Waals surface area contributed by atoms with Gasteiger partial charge in [0.05, 0.1) is 17.1 Å². The first-order chi connectivity index (χ1) is 19.0. The van der Waals surface area contributed by atoms with Crippen LogP contribution in [0.3, 0.4) is 0 Å². The van der Waals surface area contributed by atoms with E-state index in [-0.39, 0.29) is 33.7 Å². The number of pyridine rings is 2. The molecule has 1 saturated heterocycles. The number of β-lactam (4-membered cyclic amide) rings is 1. The van der Waals surface area contributed by atoms with E-state index in [2.05, 4.69) is 10.3 Å². The van der Waals surface area contributed by atoms with E-state index in [0.717, 1.165) is 10.5 Å². The van der Waals surface area contributed by atoms with Crippen molar-refractivity contribution >= 4 is 81.8 Å². The van der Waals surface area contributed by atoms with E-state index in [0.29, 0.717) is 41.5 Å². The third-order valence-corrected chi connectivity index (χ3v) is 9.28. The number of carbonyl (C=O) groups excluding carboxylic acids is 2. The zero-order valence-electron chi connectivity index (χ0n) is 20.8. The highest BCUT2D eigenvalue weighted by Gasteiger charge is 2.53. The van der Waals surface area contributed by atoms with Crippen LogP contribution in [-0.4, -0.2) is 72.0 Å². The number of carboxylic acids is 2. The van der Waals surface area contributed by atoms with Crippen molar-refractivity contribution in [3.63, 3.8) is 0 Å². The number of halogens is 2. The van der Waals surface area contributed by atoms with Crippen LogP contribution in [0.5, 0.6) is 0 Å². The molecule has 0 radical (unpaired) electrons. The Kier molecular flexibility index (Phi) is 10.3.